The van der Waals surface area contributed by atoms with Gasteiger partial charge in [0.15, 0.2) is 0 Å². The summed E-state index contributed by atoms with van der Waals surface area (Å²) < 4.78 is 10.5. The zero-order valence-corrected chi connectivity index (χ0v) is 11.3. The molecule has 0 saturated heterocycles. The molecular weight excluding hydrogens is 236 g/mol. The van der Waals surface area contributed by atoms with Crippen molar-refractivity contribution in [2.75, 3.05) is 26.4 Å². The number of ether oxygens (including phenoxy) is 2. The quantitative estimate of drug-likeness (QED) is 0.409. The first-order valence-electron chi connectivity index (χ1n) is 6.69. The molecule has 0 aliphatic rings. The van der Waals surface area contributed by atoms with Crippen molar-refractivity contribution in [3.05, 3.63) is 0 Å². The maximum absolute atomic E-state index is 11.3. The van der Waals surface area contributed by atoms with Gasteiger partial charge >= 0.3 is 5.97 Å². The van der Waals surface area contributed by atoms with E-state index in [0.29, 0.717) is 38.9 Å². The molecule has 0 aromatic heterocycles. The highest BCUT2D eigenvalue weighted by molar-refractivity contribution is 5.69. The maximum Gasteiger partial charge on any atom is 0.305 e. The number of esters is 1. The van der Waals surface area contributed by atoms with E-state index in [9.17, 15) is 4.79 Å². The summed E-state index contributed by atoms with van der Waals surface area (Å²) >= 11 is 0. The van der Waals surface area contributed by atoms with E-state index in [2.05, 4.69) is 0 Å². The lowest BCUT2D eigenvalue weighted by Crippen LogP contribution is -2.14. The molecule has 0 rings (SSSR count). The molecule has 1 atom stereocenters. The molecule has 0 aromatic carbocycles. The molecule has 1 unspecified atom stereocenters. The fraction of sp³-hybridized carbons (Fsp3) is 0.923. The van der Waals surface area contributed by atoms with Crippen molar-refractivity contribution in [3.8, 4) is 0 Å². The van der Waals surface area contributed by atoms with Crippen molar-refractivity contribution in [3.63, 3.8) is 0 Å². The van der Waals surface area contributed by atoms with Crippen LogP contribution in [0.25, 0.3) is 0 Å². The van der Waals surface area contributed by atoms with Crippen LogP contribution in [0.5, 0.6) is 0 Å². The standard InChI is InChI=1S/C13H26O5/c1-12(17-10-4-2-8-14)6-7-13(16)18-11-5-3-9-15/h12,14-15H,2-11H2,1H3. The molecule has 0 aliphatic carbocycles. The van der Waals surface area contributed by atoms with Gasteiger partial charge in [0.2, 0.25) is 0 Å². The van der Waals surface area contributed by atoms with Gasteiger partial charge in [0.25, 0.3) is 0 Å². The highest BCUT2D eigenvalue weighted by atomic mass is 16.5. The summed E-state index contributed by atoms with van der Waals surface area (Å²) in [4.78, 5) is 11.3. The lowest BCUT2D eigenvalue weighted by atomic mass is 10.2. The Hall–Kier alpha value is -0.650. The number of unbranched alkanes of at least 4 members (excludes halogenated alkanes) is 2. The summed E-state index contributed by atoms with van der Waals surface area (Å²) in [6, 6.07) is 0. The Morgan fingerprint density at radius 3 is 2.28 bits per heavy atom. The molecule has 0 aliphatic heterocycles. The van der Waals surface area contributed by atoms with Crippen molar-refractivity contribution in [1.29, 1.82) is 0 Å². The monoisotopic (exact) mass is 262 g/mol. The van der Waals surface area contributed by atoms with Gasteiger partial charge in [-0.1, -0.05) is 0 Å². The molecule has 0 fully saturated rings. The van der Waals surface area contributed by atoms with Gasteiger partial charge in [-0.15, -0.1) is 0 Å². The SMILES string of the molecule is CC(CCC(=O)OCCCCO)OCCCCO. The van der Waals surface area contributed by atoms with E-state index in [1.54, 1.807) is 0 Å². The summed E-state index contributed by atoms with van der Waals surface area (Å²) in [6.07, 6.45) is 4.01. The molecule has 5 nitrogen and oxygen atoms in total. The highest BCUT2D eigenvalue weighted by Gasteiger charge is 2.07. The van der Waals surface area contributed by atoms with Gasteiger partial charge in [-0.25, -0.2) is 0 Å². The highest BCUT2D eigenvalue weighted by Crippen LogP contribution is 2.04. The number of rotatable bonds is 12. The minimum absolute atomic E-state index is 0.0358. The third-order valence-corrected chi connectivity index (χ3v) is 2.53. The zero-order valence-electron chi connectivity index (χ0n) is 11.3. The van der Waals surface area contributed by atoms with Crippen molar-refractivity contribution in [2.45, 2.75) is 51.6 Å². The van der Waals surface area contributed by atoms with Gasteiger partial charge in [-0.3, -0.25) is 4.79 Å². The smallest absolute Gasteiger partial charge is 0.305 e. The second-order valence-electron chi connectivity index (χ2n) is 4.30. The lowest BCUT2D eigenvalue weighted by Gasteiger charge is -2.12. The van der Waals surface area contributed by atoms with Crippen LogP contribution in [-0.2, 0) is 14.3 Å². The van der Waals surface area contributed by atoms with Gasteiger partial charge in [-0.2, -0.15) is 0 Å². The van der Waals surface area contributed by atoms with Gasteiger partial charge in [0.1, 0.15) is 0 Å². The number of aliphatic hydroxyl groups is 2. The van der Waals surface area contributed by atoms with Crippen molar-refractivity contribution < 1.29 is 24.5 Å². The third-order valence-electron chi connectivity index (χ3n) is 2.53. The van der Waals surface area contributed by atoms with E-state index in [1.165, 1.54) is 0 Å². The Morgan fingerprint density at radius 1 is 1.06 bits per heavy atom. The van der Waals surface area contributed by atoms with Crippen molar-refractivity contribution in [2.24, 2.45) is 0 Å². The molecule has 108 valence electrons. The number of aliphatic hydroxyl groups excluding tert-OH is 2. The van der Waals surface area contributed by atoms with Crippen LogP contribution in [0.15, 0.2) is 0 Å². The molecule has 0 radical (unpaired) electrons. The molecule has 0 heterocycles. The first kappa shape index (κ1) is 17.4. The number of carbonyl (C=O) groups is 1. The Balaban J connectivity index is 3.35. The fourth-order valence-corrected chi connectivity index (χ4v) is 1.37. The van der Waals surface area contributed by atoms with E-state index in [-0.39, 0.29) is 25.3 Å². The molecule has 0 saturated carbocycles. The van der Waals surface area contributed by atoms with E-state index >= 15 is 0 Å². The first-order valence-corrected chi connectivity index (χ1v) is 6.69. The Morgan fingerprint density at radius 2 is 1.67 bits per heavy atom. The predicted molar refractivity (Wildman–Crippen MR) is 68.2 cm³/mol. The molecule has 0 spiro atoms. The van der Waals surface area contributed by atoms with Gasteiger partial charge in [0.05, 0.1) is 12.7 Å². The van der Waals surface area contributed by atoms with E-state index in [0.717, 1.165) is 12.8 Å². The maximum atomic E-state index is 11.3. The van der Waals surface area contributed by atoms with Gasteiger partial charge < -0.3 is 19.7 Å². The number of carbonyl (C=O) groups excluding carboxylic acids is 1. The minimum Gasteiger partial charge on any atom is -0.466 e. The molecule has 18 heavy (non-hydrogen) atoms. The second kappa shape index (κ2) is 12.8. The average Bonchev–Trinajstić information content (AvgIpc) is 2.37. The normalized spacial score (nSPS) is 12.4. The molecule has 0 aromatic rings. The van der Waals surface area contributed by atoms with Crippen molar-refractivity contribution >= 4 is 5.97 Å². The summed E-state index contributed by atoms with van der Waals surface area (Å²) in [7, 11) is 0. The summed E-state index contributed by atoms with van der Waals surface area (Å²) in [5.74, 6) is -0.209. The number of hydrogen-bond donors (Lipinski definition) is 2. The van der Waals surface area contributed by atoms with Crippen LogP contribution in [0.2, 0.25) is 0 Å². The van der Waals surface area contributed by atoms with E-state index in [1.807, 2.05) is 6.92 Å². The van der Waals surface area contributed by atoms with Crippen LogP contribution < -0.4 is 0 Å². The predicted octanol–water partition coefficient (Wildman–Crippen LogP) is 1.26. The largest absolute Gasteiger partial charge is 0.466 e. The van der Waals surface area contributed by atoms with E-state index in [4.69, 9.17) is 19.7 Å². The number of hydrogen-bond acceptors (Lipinski definition) is 5. The topological polar surface area (TPSA) is 76.0 Å². The van der Waals surface area contributed by atoms with Crippen molar-refractivity contribution in [1.82, 2.24) is 0 Å². The van der Waals surface area contributed by atoms with Crippen LogP contribution in [0, 0.1) is 0 Å². The lowest BCUT2D eigenvalue weighted by molar-refractivity contribution is -0.144. The van der Waals surface area contributed by atoms with Crippen LogP contribution >= 0.6 is 0 Å². The Kier molecular flexibility index (Phi) is 12.3. The molecular formula is C13H26O5. The Labute approximate surface area is 109 Å². The van der Waals surface area contributed by atoms with Crippen LogP contribution in [0.4, 0.5) is 0 Å². The molecule has 2 N–H and O–H groups in total. The average molecular weight is 262 g/mol. The fourth-order valence-electron chi connectivity index (χ4n) is 1.37. The zero-order chi connectivity index (χ0) is 13.6. The van der Waals surface area contributed by atoms with Crippen LogP contribution in [0.3, 0.4) is 0 Å². The van der Waals surface area contributed by atoms with E-state index < -0.39 is 0 Å². The van der Waals surface area contributed by atoms with Gasteiger partial charge in [0, 0.05) is 26.2 Å². The summed E-state index contributed by atoms with van der Waals surface area (Å²) in [5.41, 5.74) is 0. The third kappa shape index (κ3) is 11.8. The molecule has 0 amide bonds. The Bertz CT molecular complexity index is 196. The minimum atomic E-state index is -0.209. The molecule has 5 heteroatoms. The summed E-state index contributed by atoms with van der Waals surface area (Å²) in [5, 5.41) is 17.2. The first-order chi connectivity index (χ1) is 8.70. The second-order valence-corrected chi connectivity index (χ2v) is 4.30. The molecule has 0 bridgehead atoms. The van der Waals surface area contributed by atoms with Crippen LogP contribution in [-0.4, -0.2) is 48.7 Å². The summed E-state index contributed by atoms with van der Waals surface area (Å²) in [6.45, 7) is 3.25. The van der Waals surface area contributed by atoms with Crippen LogP contribution in [0.1, 0.15) is 45.4 Å². The van der Waals surface area contributed by atoms with Gasteiger partial charge in [-0.05, 0) is 39.0 Å².